The molecule has 1 unspecified atom stereocenters. The number of nitrogens with one attached hydrogen (secondary N) is 1. The van der Waals surface area contributed by atoms with Crippen molar-refractivity contribution in [3.63, 3.8) is 0 Å². The van der Waals surface area contributed by atoms with E-state index >= 15 is 0 Å². The maximum absolute atomic E-state index is 11.6. The molecule has 4 nitrogen and oxygen atoms in total. The summed E-state index contributed by atoms with van der Waals surface area (Å²) in [6, 6.07) is 1.95. The largest absolute Gasteiger partial charge is 0.353 e. The maximum atomic E-state index is 11.6. The third kappa shape index (κ3) is 3.88. The van der Waals surface area contributed by atoms with Gasteiger partial charge in [-0.3, -0.25) is 4.79 Å². The molecule has 0 spiro atoms. The fourth-order valence-electron chi connectivity index (χ4n) is 2.09. The number of hydrogen-bond acceptors (Lipinski definition) is 3. The molecule has 1 atom stereocenters. The average Bonchev–Trinajstić information content (AvgIpc) is 2.51. The number of carbonyl (C=O) groups excluding carboxylic acids is 1. The number of amides is 1. The minimum atomic E-state index is -0.295. The van der Waals surface area contributed by atoms with E-state index in [2.05, 4.69) is 5.32 Å². The molecule has 1 saturated carbocycles. The minimum Gasteiger partial charge on any atom is -0.353 e. The van der Waals surface area contributed by atoms with Crippen LogP contribution in [-0.2, 0) is 4.79 Å². The highest BCUT2D eigenvalue weighted by Gasteiger charge is 2.31. The Kier molecular flexibility index (Phi) is 4.10. The van der Waals surface area contributed by atoms with Crippen LogP contribution in [0.5, 0.6) is 0 Å². The number of rotatable bonds is 4. The third-order valence-corrected chi connectivity index (χ3v) is 2.92. The number of nitrogens with two attached hydrogens (primary N) is 1. The molecule has 1 amide bonds. The van der Waals surface area contributed by atoms with Crippen molar-refractivity contribution in [3.8, 4) is 6.07 Å². The van der Waals surface area contributed by atoms with Gasteiger partial charge in [-0.2, -0.15) is 5.26 Å². The predicted molar refractivity (Wildman–Crippen MR) is 57.8 cm³/mol. The lowest BCUT2D eigenvalue weighted by atomic mass is 9.94. The number of nitriles is 1. The zero-order valence-corrected chi connectivity index (χ0v) is 9.25. The Labute approximate surface area is 90.8 Å². The molecule has 0 saturated heterocycles. The van der Waals surface area contributed by atoms with Crippen LogP contribution in [-0.4, -0.2) is 17.5 Å². The van der Waals surface area contributed by atoms with Crippen molar-refractivity contribution in [2.45, 2.75) is 57.0 Å². The molecule has 0 radical (unpaired) electrons. The van der Waals surface area contributed by atoms with Crippen molar-refractivity contribution in [1.29, 1.82) is 5.26 Å². The lowest BCUT2D eigenvalue weighted by Gasteiger charge is -2.23. The fourth-order valence-corrected chi connectivity index (χ4v) is 2.09. The molecule has 0 bridgehead atoms. The lowest BCUT2D eigenvalue weighted by molar-refractivity contribution is -0.122. The van der Waals surface area contributed by atoms with Crippen molar-refractivity contribution >= 4 is 5.91 Å². The first-order valence-corrected chi connectivity index (χ1v) is 5.51. The summed E-state index contributed by atoms with van der Waals surface area (Å²) in [5.41, 5.74) is 5.79. The zero-order valence-electron chi connectivity index (χ0n) is 9.25. The van der Waals surface area contributed by atoms with E-state index in [1.165, 1.54) is 0 Å². The highest BCUT2D eigenvalue weighted by Crippen LogP contribution is 2.29. The van der Waals surface area contributed by atoms with Gasteiger partial charge in [0.25, 0.3) is 0 Å². The standard InChI is InChI=1S/C11H19N3O/c1-9(4-7-12)14-10(15)8-11(13)5-2-3-6-11/h9H,2-6,8,13H2,1H3,(H,14,15). The molecule has 3 N–H and O–H groups in total. The summed E-state index contributed by atoms with van der Waals surface area (Å²) >= 11 is 0. The summed E-state index contributed by atoms with van der Waals surface area (Å²) < 4.78 is 0. The second kappa shape index (κ2) is 5.13. The van der Waals surface area contributed by atoms with Gasteiger partial charge in [-0.1, -0.05) is 12.8 Å². The first-order valence-electron chi connectivity index (χ1n) is 5.51. The van der Waals surface area contributed by atoms with Crippen molar-refractivity contribution in [3.05, 3.63) is 0 Å². The molecule has 0 aromatic heterocycles. The van der Waals surface area contributed by atoms with Crippen LogP contribution in [0.3, 0.4) is 0 Å². The summed E-state index contributed by atoms with van der Waals surface area (Å²) in [5.74, 6) is -0.0258. The van der Waals surface area contributed by atoms with Gasteiger partial charge >= 0.3 is 0 Å². The molecule has 15 heavy (non-hydrogen) atoms. The van der Waals surface area contributed by atoms with Gasteiger partial charge in [-0.05, 0) is 19.8 Å². The van der Waals surface area contributed by atoms with E-state index in [9.17, 15) is 4.79 Å². The molecule has 4 heteroatoms. The highest BCUT2D eigenvalue weighted by molar-refractivity contribution is 5.77. The number of carbonyl (C=O) groups is 1. The van der Waals surface area contributed by atoms with Crippen LogP contribution in [0.2, 0.25) is 0 Å². The molecule has 1 aliphatic carbocycles. The summed E-state index contributed by atoms with van der Waals surface area (Å²) in [6.45, 7) is 1.83. The fraction of sp³-hybridized carbons (Fsp3) is 0.818. The first-order chi connectivity index (χ1) is 7.06. The zero-order chi connectivity index (χ0) is 11.3. The monoisotopic (exact) mass is 209 g/mol. The van der Waals surface area contributed by atoms with Gasteiger partial charge in [-0.25, -0.2) is 0 Å². The molecule has 1 rings (SSSR count). The average molecular weight is 209 g/mol. The Morgan fingerprint density at radius 3 is 2.73 bits per heavy atom. The van der Waals surface area contributed by atoms with E-state index in [-0.39, 0.29) is 17.5 Å². The lowest BCUT2D eigenvalue weighted by Crippen LogP contribution is -2.44. The van der Waals surface area contributed by atoms with Crippen LogP contribution in [0.4, 0.5) is 0 Å². The molecular formula is C11H19N3O. The van der Waals surface area contributed by atoms with Crippen LogP contribution in [0.15, 0.2) is 0 Å². The summed E-state index contributed by atoms with van der Waals surface area (Å²) in [7, 11) is 0. The molecule has 84 valence electrons. The first kappa shape index (κ1) is 12.0. The Balaban J connectivity index is 2.32. The van der Waals surface area contributed by atoms with E-state index in [0.29, 0.717) is 12.8 Å². The van der Waals surface area contributed by atoms with Gasteiger partial charge in [0.05, 0.1) is 12.5 Å². The van der Waals surface area contributed by atoms with Gasteiger partial charge < -0.3 is 11.1 Å². The van der Waals surface area contributed by atoms with Crippen molar-refractivity contribution < 1.29 is 4.79 Å². The molecule has 0 aromatic carbocycles. The molecule has 0 aliphatic heterocycles. The van der Waals surface area contributed by atoms with Crippen LogP contribution in [0.25, 0.3) is 0 Å². The Morgan fingerprint density at radius 2 is 2.20 bits per heavy atom. The van der Waals surface area contributed by atoms with Crippen LogP contribution >= 0.6 is 0 Å². The van der Waals surface area contributed by atoms with Crippen LogP contribution < -0.4 is 11.1 Å². The number of nitrogens with zero attached hydrogens (tertiary/aromatic N) is 1. The van der Waals surface area contributed by atoms with E-state index < -0.39 is 0 Å². The minimum absolute atomic E-state index is 0.0258. The van der Waals surface area contributed by atoms with Crippen molar-refractivity contribution in [2.24, 2.45) is 5.73 Å². The molecule has 0 aromatic rings. The summed E-state index contributed by atoms with van der Waals surface area (Å²) in [5, 5.41) is 11.2. The Hall–Kier alpha value is -1.08. The number of hydrogen-bond donors (Lipinski definition) is 2. The van der Waals surface area contributed by atoms with Crippen LogP contribution in [0.1, 0.15) is 45.4 Å². The second-order valence-corrected chi connectivity index (χ2v) is 4.58. The maximum Gasteiger partial charge on any atom is 0.222 e. The van der Waals surface area contributed by atoms with Crippen molar-refractivity contribution in [1.82, 2.24) is 5.32 Å². The van der Waals surface area contributed by atoms with Crippen molar-refractivity contribution in [2.75, 3.05) is 0 Å². The van der Waals surface area contributed by atoms with Crippen LogP contribution in [0, 0.1) is 11.3 Å². The molecule has 1 aliphatic rings. The normalized spacial score (nSPS) is 20.6. The summed E-state index contributed by atoms with van der Waals surface area (Å²) in [4.78, 5) is 11.6. The predicted octanol–water partition coefficient (Wildman–Crippen LogP) is 1.07. The van der Waals surface area contributed by atoms with E-state index in [0.717, 1.165) is 25.7 Å². The van der Waals surface area contributed by atoms with E-state index in [1.54, 1.807) is 0 Å². The Morgan fingerprint density at radius 1 is 1.60 bits per heavy atom. The van der Waals surface area contributed by atoms with Gasteiger partial charge in [0.1, 0.15) is 0 Å². The second-order valence-electron chi connectivity index (χ2n) is 4.58. The topological polar surface area (TPSA) is 78.9 Å². The van der Waals surface area contributed by atoms with E-state index in [1.807, 2.05) is 13.0 Å². The SMILES string of the molecule is CC(CC#N)NC(=O)CC1(N)CCCC1. The van der Waals surface area contributed by atoms with E-state index in [4.69, 9.17) is 11.0 Å². The van der Waals surface area contributed by atoms with Gasteiger partial charge in [-0.15, -0.1) is 0 Å². The van der Waals surface area contributed by atoms with Gasteiger partial charge in [0, 0.05) is 18.0 Å². The molecule has 1 fully saturated rings. The Bertz CT molecular complexity index is 263. The smallest absolute Gasteiger partial charge is 0.222 e. The highest BCUT2D eigenvalue weighted by atomic mass is 16.1. The molecular weight excluding hydrogens is 190 g/mol. The van der Waals surface area contributed by atoms with Gasteiger partial charge in [0.2, 0.25) is 5.91 Å². The molecule has 0 heterocycles. The third-order valence-electron chi connectivity index (χ3n) is 2.92. The quantitative estimate of drug-likeness (QED) is 0.726. The van der Waals surface area contributed by atoms with Gasteiger partial charge in [0.15, 0.2) is 0 Å². The summed E-state index contributed by atoms with van der Waals surface area (Å²) in [6.07, 6.45) is 4.86.